The van der Waals surface area contributed by atoms with E-state index in [0.29, 0.717) is 12.1 Å². The van der Waals surface area contributed by atoms with Crippen molar-refractivity contribution in [1.82, 2.24) is 0 Å². The van der Waals surface area contributed by atoms with Crippen LogP contribution in [0, 0.1) is 11.6 Å². The normalized spacial score (nSPS) is 13.5. The molecule has 0 atom stereocenters. The summed E-state index contributed by atoms with van der Waals surface area (Å²) in [4.78, 5) is 10.6. The number of alkyl halides is 9. The molecule has 0 saturated heterocycles. The maximum absolute atomic E-state index is 13.5. The molecule has 0 amide bonds. The molecular formula is C15H11F11O3. The molecule has 1 rings (SSSR count). The Kier molecular flexibility index (Phi) is 7.02. The average molecular weight is 448 g/mol. The van der Waals surface area contributed by atoms with Crippen LogP contribution in [0.3, 0.4) is 0 Å². The summed E-state index contributed by atoms with van der Waals surface area (Å²) in [6.45, 7) is -0.736. The van der Waals surface area contributed by atoms with Crippen LogP contribution < -0.4 is 4.74 Å². The summed E-state index contributed by atoms with van der Waals surface area (Å²) in [6, 6.07) is 1.29. The molecule has 0 radical (unpaired) electrons. The zero-order valence-electron chi connectivity index (χ0n) is 13.9. The molecule has 3 nitrogen and oxygen atoms in total. The number of carboxylic acid groups (broad SMARTS) is 1. The lowest BCUT2D eigenvalue weighted by atomic mass is 9.99. The minimum absolute atomic E-state index is 0.615. The fourth-order valence-electron chi connectivity index (χ4n) is 2.00. The highest BCUT2D eigenvalue weighted by atomic mass is 19.4. The standard InChI is InChI=1S/C15H11F11O3/c16-9-7(11(27)28)3-4-8(10(9)17)29-6-2-1-5-12(18,19)13(20,21)14(22,23)15(24,25)26/h3-4H,1-2,5-6H2,(H,27,28). The molecule has 14 heteroatoms. The van der Waals surface area contributed by atoms with Gasteiger partial charge in [0.2, 0.25) is 5.82 Å². The van der Waals surface area contributed by atoms with Gasteiger partial charge in [-0.25, -0.2) is 9.18 Å². The lowest BCUT2D eigenvalue weighted by molar-refractivity contribution is -0.396. The monoisotopic (exact) mass is 448 g/mol. The Balaban J connectivity index is 2.69. The van der Waals surface area contributed by atoms with Crippen molar-refractivity contribution in [3.05, 3.63) is 29.3 Å². The second-order valence-electron chi connectivity index (χ2n) is 5.70. The predicted octanol–water partition coefficient (Wildman–Crippen LogP) is 5.68. The first-order chi connectivity index (χ1) is 13.0. The maximum atomic E-state index is 13.5. The lowest BCUT2D eigenvalue weighted by Crippen LogP contribution is -2.60. The van der Waals surface area contributed by atoms with E-state index in [2.05, 4.69) is 4.74 Å². The number of benzene rings is 1. The largest absolute Gasteiger partial charge is 0.490 e. The molecule has 0 aliphatic heterocycles. The van der Waals surface area contributed by atoms with Crippen LogP contribution in [0.1, 0.15) is 29.6 Å². The number of carbonyl (C=O) groups is 1. The third-order valence-corrected chi connectivity index (χ3v) is 3.63. The van der Waals surface area contributed by atoms with Gasteiger partial charge in [-0.1, -0.05) is 0 Å². The molecule has 0 heterocycles. The summed E-state index contributed by atoms with van der Waals surface area (Å²) < 4.78 is 145. The Morgan fingerprint density at radius 3 is 1.90 bits per heavy atom. The number of halogens is 11. The summed E-state index contributed by atoms with van der Waals surface area (Å²) in [5.41, 5.74) is -1.04. The van der Waals surface area contributed by atoms with E-state index in [4.69, 9.17) is 5.11 Å². The first kappa shape index (κ1) is 24.8. The average Bonchev–Trinajstić information content (AvgIpc) is 2.56. The summed E-state index contributed by atoms with van der Waals surface area (Å²) in [7, 11) is 0. The predicted molar refractivity (Wildman–Crippen MR) is 73.6 cm³/mol. The molecule has 0 aliphatic carbocycles. The second-order valence-corrected chi connectivity index (χ2v) is 5.70. The van der Waals surface area contributed by atoms with Gasteiger partial charge in [0.1, 0.15) is 0 Å². The Labute approximate surface area is 155 Å². The van der Waals surface area contributed by atoms with Gasteiger partial charge in [0.25, 0.3) is 0 Å². The van der Waals surface area contributed by atoms with Crippen LogP contribution in [-0.4, -0.2) is 41.6 Å². The molecule has 166 valence electrons. The van der Waals surface area contributed by atoms with Crippen LogP contribution in [0.15, 0.2) is 12.1 Å². The van der Waals surface area contributed by atoms with E-state index in [1.807, 2.05) is 0 Å². The number of hydrogen-bond acceptors (Lipinski definition) is 2. The van der Waals surface area contributed by atoms with E-state index in [1.165, 1.54) is 0 Å². The van der Waals surface area contributed by atoms with Gasteiger partial charge in [0.05, 0.1) is 12.2 Å². The molecule has 0 saturated carbocycles. The van der Waals surface area contributed by atoms with Crippen LogP contribution in [0.4, 0.5) is 48.3 Å². The summed E-state index contributed by atoms with van der Waals surface area (Å²) >= 11 is 0. The smallest absolute Gasteiger partial charge is 0.460 e. The van der Waals surface area contributed by atoms with Gasteiger partial charge in [-0.15, -0.1) is 0 Å². The summed E-state index contributed by atoms with van der Waals surface area (Å²) in [5, 5.41) is 8.57. The Bertz CT molecular complexity index is 744. The number of rotatable bonds is 9. The highest BCUT2D eigenvalue weighted by Crippen LogP contribution is 2.54. The van der Waals surface area contributed by atoms with Crippen molar-refractivity contribution in [2.24, 2.45) is 0 Å². The quantitative estimate of drug-likeness (QED) is 0.391. The van der Waals surface area contributed by atoms with Gasteiger partial charge in [0, 0.05) is 6.42 Å². The van der Waals surface area contributed by atoms with Crippen molar-refractivity contribution in [3.63, 3.8) is 0 Å². The molecule has 1 N–H and O–H groups in total. The SMILES string of the molecule is O=C(O)c1ccc(OCCCCC(F)(F)C(F)(F)C(F)(F)C(F)(F)F)c(F)c1F. The second kappa shape index (κ2) is 8.22. The minimum Gasteiger partial charge on any atom is -0.490 e. The van der Waals surface area contributed by atoms with Crippen molar-refractivity contribution in [1.29, 1.82) is 0 Å². The van der Waals surface area contributed by atoms with E-state index >= 15 is 0 Å². The third kappa shape index (κ3) is 4.83. The molecule has 0 fully saturated rings. The highest BCUT2D eigenvalue weighted by Gasteiger charge is 2.81. The summed E-state index contributed by atoms with van der Waals surface area (Å²) in [5.74, 6) is -25.6. The van der Waals surface area contributed by atoms with Crippen molar-refractivity contribution < 1.29 is 62.9 Å². The first-order valence-corrected chi connectivity index (χ1v) is 7.51. The van der Waals surface area contributed by atoms with Crippen LogP contribution in [0.5, 0.6) is 5.75 Å². The molecular weight excluding hydrogens is 437 g/mol. The molecule has 0 unspecified atom stereocenters. The van der Waals surface area contributed by atoms with E-state index in [9.17, 15) is 53.1 Å². The zero-order chi connectivity index (χ0) is 22.8. The summed E-state index contributed by atoms with van der Waals surface area (Å²) in [6.07, 6.45) is -10.7. The van der Waals surface area contributed by atoms with Crippen LogP contribution in [0.2, 0.25) is 0 Å². The van der Waals surface area contributed by atoms with Crippen LogP contribution >= 0.6 is 0 Å². The Hall–Kier alpha value is -2.28. The van der Waals surface area contributed by atoms with Crippen LogP contribution in [-0.2, 0) is 0 Å². The molecule has 0 bridgehead atoms. The fraction of sp³-hybridized carbons (Fsp3) is 0.533. The third-order valence-electron chi connectivity index (χ3n) is 3.63. The van der Waals surface area contributed by atoms with E-state index in [-0.39, 0.29) is 0 Å². The van der Waals surface area contributed by atoms with Crippen molar-refractivity contribution in [2.75, 3.05) is 6.61 Å². The Morgan fingerprint density at radius 1 is 0.862 bits per heavy atom. The fourth-order valence-corrected chi connectivity index (χ4v) is 2.00. The molecule has 29 heavy (non-hydrogen) atoms. The lowest BCUT2D eigenvalue weighted by Gasteiger charge is -2.33. The molecule has 1 aromatic rings. The van der Waals surface area contributed by atoms with Gasteiger partial charge >= 0.3 is 29.9 Å². The maximum Gasteiger partial charge on any atom is 0.460 e. The van der Waals surface area contributed by atoms with Crippen molar-refractivity contribution in [2.45, 2.75) is 43.2 Å². The van der Waals surface area contributed by atoms with E-state index in [0.717, 1.165) is 0 Å². The number of unbranched alkanes of at least 4 members (excludes halogenated alkanes) is 1. The highest BCUT2D eigenvalue weighted by molar-refractivity contribution is 5.88. The van der Waals surface area contributed by atoms with Gasteiger partial charge in [-0.05, 0) is 25.0 Å². The zero-order valence-corrected chi connectivity index (χ0v) is 13.9. The van der Waals surface area contributed by atoms with Crippen LogP contribution in [0.25, 0.3) is 0 Å². The van der Waals surface area contributed by atoms with Gasteiger partial charge in [-0.3, -0.25) is 0 Å². The molecule has 0 aromatic heterocycles. The van der Waals surface area contributed by atoms with E-state index < -0.39 is 78.7 Å². The van der Waals surface area contributed by atoms with Crippen molar-refractivity contribution >= 4 is 5.97 Å². The van der Waals surface area contributed by atoms with Gasteiger partial charge in [0.15, 0.2) is 11.6 Å². The number of aromatic carboxylic acids is 1. The number of carboxylic acids is 1. The first-order valence-electron chi connectivity index (χ1n) is 7.51. The van der Waals surface area contributed by atoms with Crippen molar-refractivity contribution in [3.8, 4) is 5.75 Å². The van der Waals surface area contributed by atoms with E-state index in [1.54, 1.807) is 0 Å². The number of ether oxygens (including phenoxy) is 1. The van der Waals surface area contributed by atoms with Gasteiger partial charge < -0.3 is 9.84 Å². The molecule has 1 aromatic carbocycles. The van der Waals surface area contributed by atoms with Gasteiger partial charge in [-0.2, -0.15) is 43.9 Å². The molecule has 0 spiro atoms. The Morgan fingerprint density at radius 2 is 1.41 bits per heavy atom. The molecule has 0 aliphatic rings. The minimum atomic E-state index is -6.98. The topological polar surface area (TPSA) is 46.5 Å². The number of hydrogen-bond donors (Lipinski definition) is 1.